The normalized spacial score (nSPS) is 34.4. The van der Waals surface area contributed by atoms with Gasteiger partial charge in [-0.05, 0) is 53.7 Å². The van der Waals surface area contributed by atoms with Crippen LogP contribution in [0.4, 0.5) is 5.69 Å². The molecule has 5 nitrogen and oxygen atoms in total. The lowest BCUT2D eigenvalue weighted by atomic mass is 9.63. The Balaban J connectivity index is 1.30. The highest BCUT2D eigenvalue weighted by Gasteiger charge is 2.67. The first-order valence-corrected chi connectivity index (χ1v) is 10.4. The summed E-state index contributed by atoms with van der Waals surface area (Å²) in [5.41, 5.74) is 0.481. The van der Waals surface area contributed by atoms with Gasteiger partial charge in [-0.3, -0.25) is 9.59 Å². The van der Waals surface area contributed by atoms with Crippen molar-refractivity contribution in [2.24, 2.45) is 35.5 Å². The third-order valence-corrected chi connectivity index (χ3v) is 7.52. The fraction of sp³-hybridized carbons (Fsp3) is 0.318. The van der Waals surface area contributed by atoms with Crippen LogP contribution in [-0.2, 0) is 9.59 Å². The number of thiophene rings is 1. The van der Waals surface area contributed by atoms with Crippen molar-refractivity contribution >= 4 is 34.8 Å². The number of benzene rings is 1. The van der Waals surface area contributed by atoms with Gasteiger partial charge in [0.2, 0.25) is 11.8 Å². The highest BCUT2D eigenvalue weighted by molar-refractivity contribution is 7.12. The van der Waals surface area contributed by atoms with Crippen LogP contribution >= 0.6 is 11.3 Å². The third-order valence-electron chi connectivity index (χ3n) is 6.67. The second-order valence-corrected chi connectivity index (χ2v) is 8.98. The van der Waals surface area contributed by atoms with Crippen molar-refractivity contribution in [1.82, 2.24) is 0 Å². The van der Waals surface area contributed by atoms with E-state index in [2.05, 4.69) is 12.2 Å². The number of carbonyl (C=O) groups excluding carboxylic acids is 3. The number of anilines is 1. The summed E-state index contributed by atoms with van der Waals surface area (Å²) < 4.78 is 5.44. The van der Waals surface area contributed by atoms with Gasteiger partial charge in [-0.1, -0.05) is 24.3 Å². The number of imide groups is 1. The van der Waals surface area contributed by atoms with E-state index >= 15 is 0 Å². The van der Waals surface area contributed by atoms with E-state index in [1.54, 1.807) is 36.4 Å². The molecule has 2 aromatic rings. The molecule has 1 aromatic heterocycles. The fourth-order valence-electron chi connectivity index (χ4n) is 5.45. The monoisotopic (exact) mass is 391 g/mol. The molecule has 140 valence electrons. The van der Waals surface area contributed by atoms with Gasteiger partial charge in [0.15, 0.2) is 0 Å². The van der Waals surface area contributed by atoms with Crippen molar-refractivity contribution in [3.63, 3.8) is 0 Å². The molecule has 1 saturated heterocycles. The molecule has 0 radical (unpaired) electrons. The minimum Gasteiger partial charge on any atom is -0.422 e. The zero-order valence-corrected chi connectivity index (χ0v) is 15.7. The Morgan fingerprint density at radius 3 is 2.36 bits per heavy atom. The number of hydrogen-bond acceptors (Lipinski definition) is 5. The lowest BCUT2D eigenvalue weighted by Crippen LogP contribution is -2.40. The maximum atomic E-state index is 13.2. The molecule has 2 bridgehead atoms. The van der Waals surface area contributed by atoms with Crippen LogP contribution in [0.25, 0.3) is 0 Å². The number of hydrogen-bond donors (Lipinski definition) is 0. The number of allylic oxidation sites excluding steroid dienone is 2. The molecule has 2 heterocycles. The van der Waals surface area contributed by atoms with Gasteiger partial charge in [-0.15, -0.1) is 11.3 Å². The third kappa shape index (κ3) is 2.15. The molecule has 1 aromatic carbocycles. The molecule has 1 aliphatic heterocycles. The summed E-state index contributed by atoms with van der Waals surface area (Å²) in [5, 5.41) is 1.81. The average Bonchev–Trinajstić information content (AvgIpc) is 3.26. The quantitative estimate of drug-likeness (QED) is 0.348. The van der Waals surface area contributed by atoms with Crippen LogP contribution in [0.3, 0.4) is 0 Å². The van der Waals surface area contributed by atoms with Gasteiger partial charge in [0.25, 0.3) is 0 Å². The second kappa shape index (κ2) is 5.64. The Hall–Kier alpha value is -2.73. The van der Waals surface area contributed by atoms with E-state index in [1.807, 2.05) is 5.38 Å². The van der Waals surface area contributed by atoms with E-state index in [0.29, 0.717) is 28.1 Å². The molecule has 6 heteroatoms. The first-order chi connectivity index (χ1) is 13.6. The molecule has 6 atom stereocenters. The van der Waals surface area contributed by atoms with E-state index in [1.165, 1.54) is 16.2 Å². The zero-order valence-electron chi connectivity index (χ0n) is 14.9. The van der Waals surface area contributed by atoms with Gasteiger partial charge in [-0.2, -0.15) is 0 Å². The molecule has 2 amide bonds. The topological polar surface area (TPSA) is 63.7 Å². The molecule has 0 unspecified atom stereocenters. The van der Waals surface area contributed by atoms with E-state index < -0.39 is 5.97 Å². The summed E-state index contributed by atoms with van der Waals surface area (Å²) in [7, 11) is 0. The van der Waals surface area contributed by atoms with Crippen molar-refractivity contribution < 1.29 is 19.1 Å². The van der Waals surface area contributed by atoms with E-state index in [0.717, 1.165) is 6.42 Å². The van der Waals surface area contributed by atoms with Crippen molar-refractivity contribution in [3.05, 3.63) is 58.8 Å². The molecule has 2 saturated carbocycles. The number of ether oxygens (including phenoxy) is 1. The van der Waals surface area contributed by atoms with Crippen LogP contribution in [0.1, 0.15) is 16.1 Å². The van der Waals surface area contributed by atoms with Crippen molar-refractivity contribution in [2.75, 3.05) is 4.90 Å². The zero-order chi connectivity index (χ0) is 19.0. The summed E-state index contributed by atoms with van der Waals surface area (Å²) in [6.45, 7) is 0. The number of rotatable bonds is 3. The number of amides is 2. The first-order valence-electron chi connectivity index (χ1n) is 9.55. The highest BCUT2D eigenvalue weighted by Crippen LogP contribution is 2.65. The molecule has 3 fully saturated rings. The van der Waals surface area contributed by atoms with Crippen LogP contribution in [0, 0.1) is 35.5 Å². The maximum Gasteiger partial charge on any atom is 0.353 e. The predicted octanol–water partition coefficient (Wildman–Crippen LogP) is 3.52. The van der Waals surface area contributed by atoms with Gasteiger partial charge < -0.3 is 4.74 Å². The molecule has 7 rings (SSSR count). The van der Waals surface area contributed by atoms with Crippen LogP contribution in [0.15, 0.2) is 53.9 Å². The van der Waals surface area contributed by atoms with Gasteiger partial charge in [0.1, 0.15) is 10.6 Å². The standard InChI is InChI=1S/C22H17NO4S/c24-20-18-13-6-7-14(16-10-15(13)16)19(18)21(25)23(20)11-3-1-4-12(9-11)27-22(26)17-5-2-8-28-17/h1-9,13-16,18-19H,10H2/t13-,14+,15-,16-,18+,19-/m1/s1. The molecule has 28 heavy (non-hydrogen) atoms. The molecular formula is C22H17NO4S. The van der Waals surface area contributed by atoms with Gasteiger partial charge in [0, 0.05) is 6.07 Å². The average molecular weight is 391 g/mol. The summed E-state index contributed by atoms with van der Waals surface area (Å²) in [5.74, 6) is 0.743. The van der Waals surface area contributed by atoms with Crippen LogP contribution < -0.4 is 9.64 Å². The van der Waals surface area contributed by atoms with Gasteiger partial charge in [0.05, 0.1) is 17.5 Å². The molecule has 0 spiro atoms. The Labute approximate surface area is 165 Å². The summed E-state index contributed by atoms with van der Waals surface area (Å²) >= 11 is 1.31. The Morgan fingerprint density at radius 1 is 1.00 bits per heavy atom. The SMILES string of the molecule is O=C(Oc1cccc(N2C(=O)[C@@H]3[C@H]4C=C[C@H]([C@H]5C[C@H]45)[C@@H]3C2=O)c1)c1cccs1. The van der Waals surface area contributed by atoms with Crippen LogP contribution in [0.2, 0.25) is 0 Å². The van der Waals surface area contributed by atoms with Gasteiger partial charge in [-0.25, -0.2) is 9.69 Å². The van der Waals surface area contributed by atoms with Gasteiger partial charge >= 0.3 is 5.97 Å². The Morgan fingerprint density at radius 2 is 1.71 bits per heavy atom. The summed E-state index contributed by atoms with van der Waals surface area (Å²) in [4.78, 5) is 40.4. The largest absolute Gasteiger partial charge is 0.422 e. The molecule has 4 aliphatic carbocycles. The molecular weight excluding hydrogens is 374 g/mol. The van der Waals surface area contributed by atoms with Crippen molar-refractivity contribution in [2.45, 2.75) is 6.42 Å². The second-order valence-electron chi connectivity index (χ2n) is 8.03. The summed E-state index contributed by atoms with van der Waals surface area (Å²) in [6.07, 6.45) is 5.46. The minimum absolute atomic E-state index is 0.110. The number of nitrogens with zero attached hydrogens (tertiary/aromatic N) is 1. The van der Waals surface area contributed by atoms with Crippen LogP contribution in [0.5, 0.6) is 5.75 Å². The minimum atomic E-state index is -0.442. The van der Waals surface area contributed by atoms with Crippen molar-refractivity contribution in [3.8, 4) is 5.75 Å². The smallest absolute Gasteiger partial charge is 0.353 e. The first kappa shape index (κ1) is 16.2. The lowest BCUT2D eigenvalue weighted by Gasteiger charge is -2.37. The van der Waals surface area contributed by atoms with E-state index in [-0.39, 0.29) is 35.5 Å². The van der Waals surface area contributed by atoms with E-state index in [9.17, 15) is 14.4 Å². The lowest BCUT2D eigenvalue weighted by molar-refractivity contribution is -0.124. The van der Waals surface area contributed by atoms with Crippen molar-refractivity contribution in [1.29, 1.82) is 0 Å². The molecule has 0 N–H and O–H groups in total. The highest BCUT2D eigenvalue weighted by atomic mass is 32.1. The molecule has 5 aliphatic rings. The summed E-state index contributed by atoms with van der Waals surface area (Å²) in [6, 6.07) is 10.2. The van der Waals surface area contributed by atoms with E-state index in [4.69, 9.17) is 4.74 Å². The predicted molar refractivity (Wildman–Crippen MR) is 103 cm³/mol. The number of carbonyl (C=O) groups is 3. The number of esters is 1. The Kier molecular flexibility index (Phi) is 3.27. The fourth-order valence-corrected chi connectivity index (χ4v) is 6.05. The Bertz CT molecular complexity index is 1010. The maximum absolute atomic E-state index is 13.2. The van der Waals surface area contributed by atoms with Crippen LogP contribution in [-0.4, -0.2) is 17.8 Å².